The Morgan fingerprint density at radius 2 is 2.11 bits per heavy atom. The van der Waals surface area contributed by atoms with Crippen LogP contribution in [0.4, 0.5) is 8.78 Å². The predicted octanol–water partition coefficient (Wildman–Crippen LogP) is 1.61. The summed E-state index contributed by atoms with van der Waals surface area (Å²) < 4.78 is 25.9. The number of halogens is 2. The Balaban J connectivity index is 2.35. The number of unbranched alkanes of at least 4 members (excludes halogenated alkanes) is 1. The van der Waals surface area contributed by atoms with Crippen LogP contribution in [0.25, 0.3) is 0 Å². The molecule has 5 nitrogen and oxygen atoms in total. The van der Waals surface area contributed by atoms with E-state index in [4.69, 9.17) is 10.9 Å². The summed E-state index contributed by atoms with van der Waals surface area (Å²) in [5.74, 6) is -2.10. The third-order valence-electron chi connectivity index (χ3n) is 2.45. The van der Waals surface area contributed by atoms with Gasteiger partial charge in [0.1, 0.15) is 17.5 Å². The molecule has 0 unspecified atom stereocenters. The first-order chi connectivity index (χ1) is 9.04. The lowest BCUT2D eigenvalue weighted by atomic mass is 10.2. The van der Waals surface area contributed by atoms with Gasteiger partial charge in [0.05, 0.1) is 5.56 Å². The average molecular weight is 271 g/mol. The van der Waals surface area contributed by atoms with Crippen molar-refractivity contribution in [2.24, 2.45) is 10.9 Å². The summed E-state index contributed by atoms with van der Waals surface area (Å²) in [6.45, 7) is 0.328. The quantitative estimate of drug-likeness (QED) is 0.241. The van der Waals surface area contributed by atoms with Gasteiger partial charge in [0.2, 0.25) is 0 Å². The molecule has 0 aliphatic heterocycles. The number of rotatable bonds is 6. The molecule has 19 heavy (non-hydrogen) atoms. The maximum atomic E-state index is 13.3. The van der Waals surface area contributed by atoms with Crippen molar-refractivity contribution in [1.82, 2.24) is 5.32 Å². The average Bonchev–Trinajstić information content (AvgIpc) is 2.37. The monoisotopic (exact) mass is 271 g/mol. The smallest absolute Gasteiger partial charge is 0.254 e. The van der Waals surface area contributed by atoms with Crippen LogP contribution >= 0.6 is 0 Å². The summed E-state index contributed by atoms with van der Waals surface area (Å²) in [5.41, 5.74) is 5.07. The van der Waals surface area contributed by atoms with E-state index in [2.05, 4.69) is 10.5 Å². The molecular weight excluding hydrogens is 256 g/mol. The van der Waals surface area contributed by atoms with Gasteiger partial charge in [-0.05, 0) is 25.0 Å². The molecule has 0 saturated heterocycles. The van der Waals surface area contributed by atoms with Crippen LogP contribution in [0.1, 0.15) is 29.6 Å². The van der Waals surface area contributed by atoms with Gasteiger partial charge in [0.25, 0.3) is 5.91 Å². The number of nitrogens with zero attached hydrogens (tertiary/aromatic N) is 1. The zero-order chi connectivity index (χ0) is 14.3. The molecule has 7 heteroatoms. The molecule has 0 heterocycles. The number of carbonyl (C=O) groups excluding carboxylic acids is 1. The molecule has 4 N–H and O–H groups in total. The first kappa shape index (κ1) is 14.9. The van der Waals surface area contributed by atoms with Gasteiger partial charge < -0.3 is 16.3 Å². The van der Waals surface area contributed by atoms with Crippen molar-refractivity contribution in [2.75, 3.05) is 6.54 Å². The van der Waals surface area contributed by atoms with Gasteiger partial charge in [-0.3, -0.25) is 4.79 Å². The zero-order valence-electron chi connectivity index (χ0n) is 10.2. The maximum absolute atomic E-state index is 13.3. The molecular formula is C12H15F2N3O2. The molecule has 1 amide bonds. The highest BCUT2D eigenvalue weighted by atomic mass is 19.1. The third kappa shape index (κ3) is 4.90. The number of hydrogen-bond donors (Lipinski definition) is 3. The van der Waals surface area contributed by atoms with Crippen LogP contribution in [0.3, 0.4) is 0 Å². The van der Waals surface area contributed by atoms with Crippen LogP contribution in [0.5, 0.6) is 0 Å². The fourth-order valence-corrected chi connectivity index (χ4v) is 1.45. The highest BCUT2D eigenvalue weighted by Crippen LogP contribution is 2.09. The Bertz CT molecular complexity index is 478. The second-order valence-corrected chi connectivity index (χ2v) is 3.93. The number of oxime groups is 1. The van der Waals surface area contributed by atoms with E-state index >= 15 is 0 Å². The van der Waals surface area contributed by atoms with Crippen LogP contribution in [0.15, 0.2) is 23.4 Å². The van der Waals surface area contributed by atoms with Crippen molar-refractivity contribution in [3.63, 3.8) is 0 Å². The van der Waals surface area contributed by atoms with Crippen molar-refractivity contribution in [1.29, 1.82) is 0 Å². The summed E-state index contributed by atoms with van der Waals surface area (Å²) >= 11 is 0. The minimum atomic E-state index is -0.894. The molecule has 104 valence electrons. The second kappa shape index (κ2) is 7.30. The Morgan fingerprint density at radius 1 is 1.37 bits per heavy atom. The standard InChI is InChI=1S/C12H15F2N3O2/c13-8-4-5-9(10(14)7-8)12(18)16-6-2-1-3-11(15)17-19/h4-5,7,19H,1-3,6H2,(H2,15,17)(H,16,18). The minimum Gasteiger partial charge on any atom is -0.409 e. The molecule has 1 aromatic carbocycles. The van der Waals surface area contributed by atoms with Gasteiger partial charge in [-0.1, -0.05) is 5.16 Å². The van der Waals surface area contributed by atoms with Crippen LogP contribution in [0.2, 0.25) is 0 Å². The highest BCUT2D eigenvalue weighted by molar-refractivity contribution is 5.94. The van der Waals surface area contributed by atoms with E-state index in [9.17, 15) is 13.6 Å². The van der Waals surface area contributed by atoms with Crippen molar-refractivity contribution >= 4 is 11.7 Å². The first-order valence-electron chi connectivity index (χ1n) is 5.74. The van der Waals surface area contributed by atoms with Crippen molar-refractivity contribution in [3.8, 4) is 0 Å². The van der Waals surface area contributed by atoms with Gasteiger partial charge >= 0.3 is 0 Å². The minimum absolute atomic E-state index is 0.121. The van der Waals surface area contributed by atoms with Gasteiger partial charge in [-0.2, -0.15) is 0 Å². The number of nitrogens with two attached hydrogens (primary N) is 1. The molecule has 0 aromatic heterocycles. The van der Waals surface area contributed by atoms with E-state index in [0.29, 0.717) is 31.9 Å². The van der Waals surface area contributed by atoms with Crippen LogP contribution in [0, 0.1) is 11.6 Å². The largest absolute Gasteiger partial charge is 0.409 e. The molecule has 1 aromatic rings. The van der Waals surface area contributed by atoms with Crippen LogP contribution in [-0.2, 0) is 0 Å². The molecule has 0 aliphatic rings. The lowest BCUT2D eigenvalue weighted by Crippen LogP contribution is -2.25. The molecule has 0 atom stereocenters. The number of amidine groups is 1. The van der Waals surface area contributed by atoms with Gasteiger partial charge in [0.15, 0.2) is 0 Å². The normalized spacial score (nSPS) is 11.4. The van der Waals surface area contributed by atoms with Crippen LogP contribution < -0.4 is 11.1 Å². The Morgan fingerprint density at radius 3 is 2.74 bits per heavy atom. The third-order valence-corrected chi connectivity index (χ3v) is 2.45. The molecule has 1 rings (SSSR count). The topological polar surface area (TPSA) is 87.7 Å². The first-order valence-corrected chi connectivity index (χ1v) is 5.74. The summed E-state index contributed by atoms with van der Waals surface area (Å²) in [4.78, 5) is 11.6. The van der Waals surface area contributed by atoms with E-state index < -0.39 is 17.5 Å². The number of carbonyl (C=O) groups is 1. The second-order valence-electron chi connectivity index (χ2n) is 3.93. The predicted molar refractivity (Wildman–Crippen MR) is 66.0 cm³/mol. The Hall–Kier alpha value is -2.18. The van der Waals surface area contributed by atoms with Gasteiger partial charge in [-0.25, -0.2) is 8.78 Å². The highest BCUT2D eigenvalue weighted by Gasteiger charge is 2.11. The van der Waals surface area contributed by atoms with E-state index in [1.807, 2.05) is 0 Å². The zero-order valence-corrected chi connectivity index (χ0v) is 10.2. The molecule has 0 bridgehead atoms. The number of amides is 1. The van der Waals surface area contributed by atoms with Crippen molar-refractivity contribution < 1.29 is 18.8 Å². The van der Waals surface area contributed by atoms with Crippen molar-refractivity contribution in [2.45, 2.75) is 19.3 Å². The van der Waals surface area contributed by atoms with Crippen molar-refractivity contribution in [3.05, 3.63) is 35.4 Å². The fraction of sp³-hybridized carbons (Fsp3) is 0.333. The number of nitrogens with one attached hydrogen (secondary N) is 1. The Labute approximate surface area is 109 Å². The molecule has 0 fully saturated rings. The Kier molecular flexibility index (Phi) is 5.72. The summed E-state index contributed by atoms with van der Waals surface area (Å²) in [5, 5.41) is 13.6. The van der Waals surface area contributed by atoms with E-state index in [1.54, 1.807) is 0 Å². The number of hydrogen-bond acceptors (Lipinski definition) is 3. The molecule has 0 spiro atoms. The summed E-state index contributed by atoms with van der Waals surface area (Å²) in [6, 6.07) is 2.78. The maximum Gasteiger partial charge on any atom is 0.254 e. The van der Waals surface area contributed by atoms with E-state index in [-0.39, 0.29) is 11.4 Å². The van der Waals surface area contributed by atoms with E-state index in [1.165, 1.54) is 0 Å². The molecule has 0 aliphatic carbocycles. The van der Waals surface area contributed by atoms with E-state index in [0.717, 1.165) is 12.1 Å². The summed E-state index contributed by atoms with van der Waals surface area (Å²) in [7, 11) is 0. The van der Waals surface area contributed by atoms with Crippen LogP contribution in [-0.4, -0.2) is 23.5 Å². The fourth-order valence-electron chi connectivity index (χ4n) is 1.45. The van der Waals surface area contributed by atoms with Gasteiger partial charge in [-0.15, -0.1) is 0 Å². The number of benzene rings is 1. The SMILES string of the molecule is NC(CCCCNC(=O)c1ccc(F)cc1F)=NO. The summed E-state index contributed by atoms with van der Waals surface area (Å²) in [6.07, 6.45) is 1.64. The molecule has 0 radical (unpaired) electrons. The molecule has 0 saturated carbocycles. The lowest BCUT2D eigenvalue weighted by Gasteiger charge is -2.06. The van der Waals surface area contributed by atoms with Gasteiger partial charge in [0, 0.05) is 19.0 Å². The lowest BCUT2D eigenvalue weighted by molar-refractivity contribution is 0.0949.